The van der Waals surface area contributed by atoms with E-state index in [2.05, 4.69) is 27.0 Å². The summed E-state index contributed by atoms with van der Waals surface area (Å²) in [5, 5.41) is 11.2. The van der Waals surface area contributed by atoms with Crippen LogP contribution in [0.3, 0.4) is 0 Å². The third kappa shape index (κ3) is 1.95. The van der Waals surface area contributed by atoms with Crippen LogP contribution in [0.25, 0.3) is 0 Å². The number of piperidine rings is 1. The molecular formula is C10H18N4. The Morgan fingerprint density at radius 3 is 2.79 bits per heavy atom. The van der Waals surface area contributed by atoms with Gasteiger partial charge in [-0.1, -0.05) is 6.92 Å². The van der Waals surface area contributed by atoms with Crippen LogP contribution in [0.4, 0.5) is 0 Å². The van der Waals surface area contributed by atoms with Gasteiger partial charge in [-0.3, -0.25) is 0 Å². The van der Waals surface area contributed by atoms with Gasteiger partial charge in [0, 0.05) is 18.5 Å². The van der Waals surface area contributed by atoms with Crippen molar-refractivity contribution in [1.29, 1.82) is 0 Å². The van der Waals surface area contributed by atoms with Crippen LogP contribution in [0.1, 0.15) is 26.2 Å². The van der Waals surface area contributed by atoms with E-state index in [1.54, 1.807) is 0 Å². The van der Waals surface area contributed by atoms with Gasteiger partial charge in [0.1, 0.15) is 12.7 Å². The molecule has 2 rings (SSSR count). The van der Waals surface area contributed by atoms with Gasteiger partial charge in [0.15, 0.2) is 0 Å². The summed E-state index contributed by atoms with van der Waals surface area (Å²) in [6, 6.07) is 0. The van der Waals surface area contributed by atoms with Crippen molar-refractivity contribution < 1.29 is 0 Å². The Labute approximate surface area is 84.7 Å². The molecule has 0 aromatic carbocycles. The molecule has 1 N–H and O–H groups in total. The molecule has 0 bridgehead atoms. The van der Waals surface area contributed by atoms with Crippen molar-refractivity contribution >= 4 is 0 Å². The molecule has 0 aliphatic carbocycles. The summed E-state index contributed by atoms with van der Waals surface area (Å²) in [5.74, 6) is 0. The normalized spacial score (nSPS) is 27.8. The number of hydrogen-bond acceptors (Lipinski definition) is 3. The summed E-state index contributed by atoms with van der Waals surface area (Å²) in [4.78, 5) is 0. The molecule has 1 aliphatic rings. The van der Waals surface area contributed by atoms with Crippen LogP contribution in [-0.2, 0) is 6.54 Å². The Hall–Kier alpha value is -0.900. The first-order chi connectivity index (χ1) is 6.85. The first kappa shape index (κ1) is 9.65. The van der Waals surface area contributed by atoms with Crippen LogP contribution in [0.5, 0.6) is 0 Å². The predicted molar refractivity (Wildman–Crippen MR) is 54.8 cm³/mol. The van der Waals surface area contributed by atoms with E-state index in [1.807, 2.05) is 12.7 Å². The lowest BCUT2D eigenvalue weighted by Gasteiger charge is -2.37. The van der Waals surface area contributed by atoms with Crippen molar-refractivity contribution in [3.05, 3.63) is 12.7 Å². The van der Waals surface area contributed by atoms with Crippen LogP contribution < -0.4 is 5.32 Å². The quantitative estimate of drug-likeness (QED) is 0.782. The topological polar surface area (TPSA) is 42.7 Å². The molecule has 14 heavy (non-hydrogen) atoms. The fourth-order valence-electron chi connectivity index (χ4n) is 2.27. The maximum absolute atomic E-state index is 3.85. The number of aromatic nitrogens is 3. The third-order valence-corrected chi connectivity index (χ3v) is 3.30. The van der Waals surface area contributed by atoms with Crippen LogP contribution in [0.2, 0.25) is 0 Å². The van der Waals surface area contributed by atoms with E-state index in [1.165, 1.54) is 25.8 Å². The molecule has 0 saturated carbocycles. The van der Waals surface area contributed by atoms with Crippen LogP contribution in [-0.4, -0.2) is 27.9 Å². The molecule has 1 aromatic heterocycles. The molecule has 2 heterocycles. The fourth-order valence-corrected chi connectivity index (χ4v) is 2.27. The summed E-state index contributed by atoms with van der Waals surface area (Å²) in [6.07, 6.45) is 7.45. The van der Waals surface area contributed by atoms with Gasteiger partial charge in [-0.15, -0.1) is 10.2 Å². The SMILES string of the molecule is CCC1(Cn2cnnc2)CCCNC1. The van der Waals surface area contributed by atoms with E-state index >= 15 is 0 Å². The Morgan fingerprint density at radius 1 is 1.43 bits per heavy atom. The molecule has 0 spiro atoms. The average Bonchev–Trinajstić information content (AvgIpc) is 2.72. The molecule has 1 aliphatic heterocycles. The third-order valence-electron chi connectivity index (χ3n) is 3.30. The summed E-state index contributed by atoms with van der Waals surface area (Å²) < 4.78 is 2.09. The average molecular weight is 194 g/mol. The van der Waals surface area contributed by atoms with Crippen molar-refractivity contribution in [2.45, 2.75) is 32.7 Å². The number of nitrogens with zero attached hydrogens (tertiary/aromatic N) is 3. The smallest absolute Gasteiger partial charge is 0.119 e. The molecule has 0 amide bonds. The standard InChI is InChI=1S/C10H18N4/c1-2-10(4-3-5-11-6-10)7-14-8-12-13-9-14/h8-9,11H,2-7H2,1H3. The molecule has 1 atom stereocenters. The second-order valence-corrected chi connectivity index (χ2v) is 4.27. The second-order valence-electron chi connectivity index (χ2n) is 4.27. The van der Waals surface area contributed by atoms with Gasteiger partial charge >= 0.3 is 0 Å². The van der Waals surface area contributed by atoms with Crippen LogP contribution in [0.15, 0.2) is 12.7 Å². The van der Waals surface area contributed by atoms with Gasteiger partial charge in [0.05, 0.1) is 0 Å². The minimum Gasteiger partial charge on any atom is -0.320 e. The fraction of sp³-hybridized carbons (Fsp3) is 0.800. The Morgan fingerprint density at radius 2 is 2.21 bits per heavy atom. The van der Waals surface area contributed by atoms with Gasteiger partial charge < -0.3 is 9.88 Å². The lowest BCUT2D eigenvalue weighted by Crippen LogP contribution is -2.42. The zero-order valence-electron chi connectivity index (χ0n) is 8.74. The van der Waals surface area contributed by atoms with Crippen molar-refractivity contribution in [1.82, 2.24) is 20.1 Å². The second kappa shape index (κ2) is 4.09. The van der Waals surface area contributed by atoms with Gasteiger partial charge in [-0.05, 0) is 25.8 Å². The lowest BCUT2D eigenvalue weighted by atomic mass is 9.78. The largest absolute Gasteiger partial charge is 0.320 e. The van der Waals surface area contributed by atoms with Crippen molar-refractivity contribution in [3.63, 3.8) is 0 Å². The molecule has 78 valence electrons. The zero-order valence-corrected chi connectivity index (χ0v) is 8.74. The molecule has 0 radical (unpaired) electrons. The minimum atomic E-state index is 0.417. The van der Waals surface area contributed by atoms with Gasteiger partial charge in [-0.2, -0.15) is 0 Å². The maximum atomic E-state index is 3.85. The molecule has 1 unspecified atom stereocenters. The summed E-state index contributed by atoms with van der Waals surface area (Å²) >= 11 is 0. The first-order valence-corrected chi connectivity index (χ1v) is 5.38. The van der Waals surface area contributed by atoms with Crippen molar-refractivity contribution in [2.75, 3.05) is 13.1 Å². The Balaban J connectivity index is 2.04. The van der Waals surface area contributed by atoms with Gasteiger partial charge in [0.25, 0.3) is 0 Å². The maximum Gasteiger partial charge on any atom is 0.119 e. The van der Waals surface area contributed by atoms with Crippen LogP contribution >= 0.6 is 0 Å². The predicted octanol–water partition coefficient (Wildman–Crippen LogP) is 1.06. The number of rotatable bonds is 3. The van der Waals surface area contributed by atoms with Crippen molar-refractivity contribution in [3.8, 4) is 0 Å². The molecule has 4 nitrogen and oxygen atoms in total. The highest BCUT2D eigenvalue weighted by Gasteiger charge is 2.30. The van der Waals surface area contributed by atoms with E-state index in [0.717, 1.165) is 13.1 Å². The molecule has 1 fully saturated rings. The molecule has 1 aromatic rings. The minimum absolute atomic E-state index is 0.417. The molecule has 4 heteroatoms. The van der Waals surface area contributed by atoms with E-state index < -0.39 is 0 Å². The monoisotopic (exact) mass is 194 g/mol. The van der Waals surface area contributed by atoms with Crippen LogP contribution in [0, 0.1) is 5.41 Å². The molecule has 1 saturated heterocycles. The molecular weight excluding hydrogens is 176 g/mol. The number of hydrogen-bond donors (Lipinski definition) is 1. The first-order valence-electron chi connectivity index (χ1n) is 5.38. The van der Waals surface area contributed by atoms with Crippen molar-refractivity contribution in [2.24, 2.45) is 5.41 Å². The highest BCUT2D eigenvalue weighted by atomic mass is 15.2. The Kier molecular flexibility index (Phi) is 2.82. The van der Waals surface area contributed by atoms with Gasteiger partial charge in [0.2, 0.25) is 0 Å². The van der Waals surface area contributed by atoms with E-state index in [-0.39, 0.29) is 0 Å². The summed E-state index contributed by atoms with van der Waals surface area (Å²) in [7, 11) is 0. The lowest BCUT2D eigenvalue weighted by molar-refractivity contribution is 0.168. The Bertz CT molecular complexity index is 262. The summed E-state index contributed by atoms with van der Waals surface area (Å²) in [5.41, 5.74) is 0.417. The van der Waals surface area contributed by atoms with E-state index in [9.17, 15) is 0 Å². The van der Waals surface area contributed by atoms with Gasteiger partial charge in [-0.25, -0.2) is 0 Å². The van der Waals surface area contributed by atoms with E-state index in [4.69, 9.17) is 0 Å². The van der Waals surface area contributed by atoms with E-state index in [0.29, 0.717) is 5.41 Å². The highest BCUT2D eigenvalue weighted by molar-refractivity contribution is 4.85. The summed E-state index contributed by atoms with van der Waals surface area (Å²) in [6.45, 7) is 5.62. The number of nitrogens with one attached hydrogen (secondary N) is 1. The zero-order chi connectivity index (χ0) is 9.86. The highest BCUT2D eigenvalue weighted by Crippen LogP contribution is 2.31.